The molecule has 0 aromatic carbocycles. The second kappa shape index (κ2) is 5.44. The van der Waals surface area contributed by atoms with Crippen molar-refractivity contribution < 1.29 is 14.7 Å². The maximum atomic E-state index is 11.6. The Hall–Kier alpha value is -1.89. The van der Waals surface area contributed by atoms with Gasteiger partial charge >= 0.3 is 5.97 Å². The van der Waals surface area contributed by atoms with Gasteiger partial charge in [0.15, 0.2) is 0 Å². The Morgan fingerprint density at radius 2 is 2.24 bits per heavy atom. The first-order valence-corrected chi connectivity index (χ1v) is 5.25. The van der Waals surface area contributed by atoms with Gasteiger partial charge in [0.05, 0.1) is 12.2 Å². The van der Waals surface area contributed by atoms with Crippen LogP contribution in [-0.4, -0.2) is 33.2 Å². The number of nitrogens with two attached hydrogens (primary N) is 1. The number of nitrogens with zero attached hydrogens (tertiary/aromatic N) is 1. The van der Waals surface area contributed by atoms with Crippen molar-refractivity contribution in [2.45, 2.75) is 26.3 Å². The van der Waals surface area contributed by atoms with Gasteiger partial charge in [0.2, 0.25) is 5.91 Å². The molecule has 1 aromatic rings. The van der Waals surface area contributed by atoms with Crippen LogP contribution in [0.2, 0.25) is 0 Å². The lowest BCUT2D eigenvalue weighted by molar-refractivity contribution is -0.117. The monoisotopic (exact) mass is 240 g/mol. The molecule has 94 valence electrons. The standard InChI is InChI=1S/C10H16N4O3/c1-5(2)3-7(11)9(15)13-8-6(10(16)17)4-12-14-8/h4-5,7H,3,11H2,1-2H3,(H,16,17)(H2,12,13,14,15)/t7-/m0/s1. The van der Waals surface area contributed by atoms with E-state index < -0.39 is 17.9 Å². The Balaban J connectivity index is 2.68. The van der Waals surface area contributed by atoms with Crippen LogP contribution < -0.4 is 11.1 Å². The third kappa shape index (κ3) is 3.56. The summed E-state index contributed by atoms with van der Waals surface area (Å²) in [6.45, 7) is 3.90. The highest BCUT2D eigenvalue weighted by Crippen LogP contribution is 2.12. The molecule has 0 unspecified atom stereocenters. The molecular weight excluding hydrogens is 224 g/mol. The van der Waals surface area contributed by atoms with E-state index in [1.165, 1.54) is 0 Å². The van der Waals surface area contributed by atoms with E-state index in [4.69, 9.17) is 10.8 Å². The minimum Gasteiger partial charge on any atom is -0.477 e. The van der Waals surface area contributed by atoms with E-state index >= 15 is 0 Å². The van der Waals surface area contributed by atoms with E-state index in [2.05, 4.69) is 15.5 Å². The summed E-state index contributed by atoms with van der Waals surface area (Å²) < 4.78 is 0. The predicted molar refractivity (Wildman–Crippen MR) is 61.6 cm³/mol. The Labute approximate surface area is 98.4 Å². The van der Waals surface area contributed by atoms with E-state index in [1.807, 2.05) is 13.8 Å². The van der Waals surface area contributed by atoms with Crippen molar-refractivity contribution in [3.8, 4) is 0 Å². The van der Waals surface area contributed by atoms with Gasteiger partial charge in [-0.25, -0.2) is 4.79 Å². The summed E-state index contributed by atoms with van der Waals surface area (Å²) in [5.41, 5.74) is 5.58. The predicted octanol–water partition coefficient (Wildman–Crippen LogP) is 0.420. The average molecular weight is 240 g/mol. The molecule has 0 aliphatic carbocycles. The van der Waals surface area contributed by atoms with Gasteiger partial charge < -0.3 is 16.2 Å². The number of hydrogen-bond acceptors (Lipinski definition) is 4. The van der Waals surface area contributed by atoms with Crippen molar-refractivity contribution in [2.75, 3.05) is 5.32 Å². The van der Waals surface area contributed by atoms with Gasteiger partial charge in [-0.2, -0.15) is 5.10 Å². The molecule has 1 rings (SSSR count). The largest absolute Gasteiger partial charge is 0.477 e. The SMILES string of the molecule is CC(C)C[C@H](N)C(=O)Nc1[nH]ncc1C(=O)O. The van der Waals surface area contributed by atoms with Crippen molar-refractivity contribution in [1.29, 1.82) is 0 Å². The first kappa shape index (κ1) is 13.2. The number of aromatic carboxylic acids is 1. The minimum absolute atomic E-state index is 0.0571. The molecule has 0 bridgehead atoms. The number of anilines is 1. The van der Waals surface area contributed by atoms with E-state index in [1.54, 1.807) is 0 Å². The van der Waals surface area contributed by atoms with Gasteiger partial charge in [-0.3, -0.25) is 9.89 Å². The van der Waals surface area contributed by atoms with Crippen molar-refractivity contribution in [3.05, 3.63) is 11.8 Å². The van der Waals surface area contributed by atoms with E-state index in [9.17, 15) is 9.59 Å². The number of amides is 1. The number of carbonyl (C=O) groups is 2. The summed E-state index contributed by atoms with van der Waals surface area (Å²) in [4.78, 5) is 22.4. The summed E-state index contributed by atoms with van der Waals surface area (Å²) in [5.74, 6) is -1.24. The molecule has 1 atom stereocenters. The lowest BCUT2D eigenvalue weighted by Gasteiger charge is -2.13. The van der Waals surface area contributed by atoms with Crippen molar-refractivity contribution >= 4 is 17.7 Å². The molecule has 0 radical (unpaired) electrons. The number of carboxylic acids is 1. The number of hydrogen-bond donors (Lipinski definition) is 4. The average Bonchev–Trinajstić information content (AvgIpc) is 2.64. The molecule has 7 nitrogen and oxygen atoms in total. The summed E-state index contributed by atoms with van der Waals surface area (Å²) in [6.07, 6.45) is 1.66. The van der Waals surface area contributed by atoms with Crippen LogP contribution in [0.3, 0.4) is 0 Å². The normalized spacial score (nSPS) is 12.5. The molecule has 1 aromatic heterocycles. The van der Waals surface area contributed by atoms with Crippen LogP contribution in [0, 0.1) is 5.92 Å². The number of aromatic amines is 1. The van der Waals surface area contributed by atoms with Crippen LogP contribution >= 0.6 is 0 Å². The minimum atomic E-state index is -1.16. The van der Waals surface area contributed by atoms with Crippen LogP contribution in [0.5, 0.6) is 0 Å². The zero-order chi connectivity index (χ0) is 13.0. The summed E-state index contributed by atoms with van der Waals surface area (Å²) >= 11 is 0. The van der Waals surface area contributed by atoms with Gasteiger partial charge in [0, 0.05) is 0 Å². The first-order chi connectivity index (χ1) is 7.91. The topological polar surface area (TPSA) is 121 Å². The second-order valence-electron chi connectivity index (χ2n) is 4.19. The molecule has 0 saturated carbocycles. The third-order valence-corrected chi connectivity index (χ3v) is 2.18. The number of carbonyl (C=O) groups excluding carboxylic acids is 1. The lowest BCUT2D eigenvalue weighted by Crippen LogP contribution is -2.37. The van der Waals surface area contributed by atoms with Crippen LogP contribution in [0.1, 0.15) is 30.6 Å². The fraction of sp³-hybridized carbons (Fsp3) is 0.500. The number of rotatable bonds is 5. The molecular formula is C10H16N4O3. The molecule has 0 aliphatic heterocycles. The first-order valence-electron chi connectivity index (χ1n) is 5.25. The molecule has 0 saturated heterocycles. The molecule has 0 spiro atoms. The number of nitrogens with one attached hydrogen (secondary N) is 2. The fourth-order valence-corrected chi connectivity index (χ4v) is 1.37. The van der Waals surface area contributed by atoms with Crippen molar-refractivity contribution in [2.24, 2.45) is 11.7 Å². The molecule has 1 amide bonds. The van der Waals surface area contributed by atoms with Gasteiger partial charge in [-0.15, -0.1) is 0 Å². The smallest absolute Gasteiger partial charge is 0.341 e. The summed E-state index contributed by atoms with van der Waals surface area (Å²) in [5, 5.41) is 17.2. The van der Waals surface area contributed by atoms with Gasteiger partial charge in [-0.1, -0.05) is 13.8 Å². The van der Waals surface area contributed by atoms with E-state index in [0.717, 1.165) is 6.20 Å². The zero-order valence-corrected chi connectivity index (χ0v) is 9.73. The number of carboxylic acid groups (broad SMARTS) is 1. The van der Waals surface area contributed by atoms with Gasteiger partial charge in [-0.05, 0) is 12.3 Å². The highest BCUT2D eigenvalue weighted by molar-refractivity contribution is 6.00. The maximum absolute atomic E-state index is 11.6. The fourth-order valence-electron chi connectivity index (χ4n) is 1.37. The van der Waals surface area contributed by atoms with Gasteiger partial charge in [0.1, 0.15) is 11.4 Å². The molecule has 5 N–H and O–H groups in total. The quantitative estimate of drug-likeness (QED) is 0.594. The number of aromatic nitrogens is 2. The highest BCUT2D eigenvalue weighted by Gasteiger charge is 2.19. The summed E-state index contributed by atoms with van der Waals surface area (Å²) in [7, 11) is 0. The van der Waals surface area contributed by atoms with Crippen molar-refractivity contribution in [1.82, 2.24) is 10.2 Å². The lowest BCUT2D eigenvalue weighted by atomic mass is 10.0. The Morgan fingerprint density at radius 3 is 2.76 bits per heavy atom. The van der Waals surface area contributed by atoms with E-state index in [0.29, 0.717) is 6.42 Å². The third-order valence-electron chi connectivity index (χ3n) is 2.18. The van der Waals surface area contributed by atoms with Crippen LogP contribution in [0.4, 0.5) is 5.82 Å². The van der Waals surface area contributed by atoms with Crippen molar-refractivity contribution in [3.63, 3.8) is 0 Å². The maximum Gasteiger partial charge on any atom is 0.341 e. The van der Waals surface area contributed by atoms with Gasteiger partial charge in [0.25, 0.3) is 0 Å². The molecule has 7 heteroatoms. The zero-order valence-electron chi connectivity index (χ0n) is 9.73. The molecule has 17 heavy (non-hydrogen) atoms. The van der Waals surface area contributed by atoms with Crippen LogP contribution in [-0.2, 0) is 4.79 Å². The highest BCUT2D eigenvalue weighted by atomic mass is 16.4. The second-order valence-corrected chi connectivity index (χ2v) is 4.19. The Morgan fingerprint density at radius 1 is 1.59 bits per heavy atom. The molecule has 0 aliphatic rings. The van der Waals surface area contributed by atoms with Crippen LogP contribution in [0.15, 0.2) is 6.20 Å². The van der Waals surface area contributed by atoms with E-state index in [-0.39, 0.29) is 17.3 Å². The summed E-state index contributed by atoms with van der Waals surface area (Å²) in [6, 6.07) is -0.667. The Bertz CT molecular complexity index is 413. The molecule has 0 fully saturated rings. The van der Waals surface area contributed by atoms with Crippen LogP contribution in [0.25, 0.3) is 0 Å². The number of H-pyrrole nitrogens is 1. The molecule has 1 heterocycles. The Kier molecular flexibility index (Phi) is 4.22.